The topological polar surface area (TPSA) is 32.7 Å². The van der Waals surface area contributed by atoms with Crippen molar-refractivity contribution in [3.05, 3.63) is 30.3 Å². The Morgan fingerprint density at radius 2 is 1.69 bits per heavy atom. The van der Waals surface area contributed by atoms with E-state index in [1.165, 1.54) is 24.3 Å². The Balaban J connectivity index is 3.36. The summed E-state index contributed by atoms with van der Waals surface area (Å²) in [6.07, 6.45) is 0. The van der Waals surface area contributed by atoms with Crippen LogP contribution in [0.4, 0.5) is 18.9 Å². The zero-order valence-corrected chi connectivity index (χ0v) is 9.55. The van der Waals surface area contributed by atoms with Gasteiger partial charge in [-0.2, -0.15) is 17.5 Å². The summed E-state index contributed by atoms with van der Waals surface area (Å²) in [5.74, 6) is 0. The van der Waals surface area contributed by atoms with Crippen molar-refractivity contribution >= 4 is 15.6 Å². The van der Waals surface area contributed by atoms with Crippen molar-refractivity contribution in [2.24, 2.45) is 4.36 Å². The maximum atomic E-state index is 12.6. The molecule has 0 aliphatic heterocycles. The van der Waals surface area contributed by atoms with E-state index < -0.39 is 15.4 Å². The molecule has 3 nitrogen and oxygen atoms in total. The van der Waals surface area contributed by atoms with Gasteiger partial charge < -0.3 is 0 Å². The number of rotatable bonds is 2. The minimum absolute atomic E-state index is 0.0403. The van der Waals surface area contributed by atoms with Gasteiger partial charge in [0.25, 0.3) is 0 Å². The van der Waals surface area contributed by atoms with E-state index in [1.807, 2.05) is 0 Å². The van der Waals surface area contributed by atoms with Gasteiger partial charge in [0.05, 0.1) is 5.69 Å². The van der Waals surface area contributed by atoms with Crippen LogP contribution in [0.25, 0.3) is 0 Å². The Bertz CT molecular complexity index is 461. The van der Waals surface area contributed by atoms with Crippen molar-refractivity contribution in [2.45, 2.75) is 5.51 Å². The third kappa shape index (κ3) is 2.53. The summed E-state index contributed by atoms with van der Waals surface area (Å²) in [7, 11) is -2.25. The maximum Gasteiger partial charge on any atom is 0.493 e. The van der Waals surface area contributed by atoms with Crippen LogP contribution < -0.4 is 0 Å². The Labute approximate surface area is 92.2 Å². The highest BCUT2D eigenvalue weighted by molar-refractivity contribution is 7.92. The van der Waals surface area contributed by atoms with Crippen molar-refractivity contribution < 1.29 is 17.4 Å². The summed E-state index contributed by atoms with van der Waals surface area (Å²) in [6.45, 7) is 0. The molecule has 0 saturated carbocycles. The molecular weight excluding hydrogens is 241 g/mol. The molecule has 1 atom stereocenters. The molecule has 0 N–H and O–H groups in total. The average molecular weight is 252 g/mol. The minimum atomic E-state index is -4.88. The van der Waals surface area contributed by atoms with Crippen molar-refractivity contribution in [1.29, 1.82) is 0 Å². The highest BCUT2D eigenvalue weighted by Crippen LogP contribution is 2.30. The maximum absolute atomic E-state index is 12.6. The normalized spacial score (nSPS) is 15.9. The van der Waals surface area contributed by atoms with E-state index in [1.54, 1.807) is 6.07 Å². The fraction of sp³-hybridized carbons (Fsp3) is 0.333. The van der Waals surface area contributed by atoms with Gasteiger partial charge in [0.2, 0.25) is 9.92 Å². The molecule has 0 amide bonds. The van der Waals surface area contributed by atoms with Crippen LogP contribution in [0.15, 0.2) is 34.7 Å². The molecule has 1 aromatic rings. The molecule has 0 spiro atoms. The fourth-order valence-electron chi connectivity index (χ4n) is 0.972. The van der Waals surface area contributed by atoms with Crippen LogP contribution in [0.2, 0.25) is 0 Å². The third-order valence-electron chi connectivity index (χ3n) is 1.78. The standard InChI is InChI=1S/C9H11F3N2OS/c1-14(2)16(15,9(10,11)12)13-8-6-4-3-5-7-8/h3-7H,1-2H3. The lowest BCUT2D eigenvalue weighted by molar-refractivity contribution is -0.0438. The molecule has 90 valence electrons. The summed E-state index contributed by atoms with van der Waals surface area (Å²) in [5.41, 5.74) is -4.84. The Hall–Kier alpha value is -1.08. The van der Waals surface area contributed by atoms with Crippen LogP contribution in [-0.4, -0.2) is 28.1 Å². The number of halogens is 3. The van der Waals surface area contributed by atoms with E-state index in [-0.39, 0.29) is 5.69 Å². The number of alkyl halides is 3. The zero-order valence-electron chi connectivity index (χ0n) is 8.73. The second-order valence-corrected chi connectivity index (χ2v) is 5.55. The fourth-order valence-corrected chi connectivity index (χ4v) is 2.06. The highest BCUT2D eigenvalue weighted by Gasteiger charge is 2.45. The lowest BCUT2D eigenvalue weighted by atomic mass is 10.3. The van der Waals surface area contributed by atoms with Crippen molar-refractivity contribution in [3.8, 4) is 0 Å². The number of nitrogens with zero attached hydrogens (tertiary/aromatic N) is 2. The SMILES string of the molecule is CN(C)S(=O)(=Nc1ccccc1)C(F)(F)F. The number of benzene rings is 1. The molecule has 16 heavy (non-hydrogen) atoms. The molecule has 0 radical (unpaired) electrons. The van der Waals surface area contributed by atoms with E-state index in [4.69, 9.17) is 0 Å². The predicted octanol–water partition coefficient (Wildman–Crippen LogP) is 2.78. The number of hydrogen-bond acceptors (Lipinski definition) is 2. The Morgan fingerprint density at radius 1 is 1.19 bits per heavy atom. The molecule has 0 fully saturated rings. The summed E-state index contributed by atoms with van der Waals surface area (Å²) >= 11 is 0. The molecule has 0 heterocycles. The first-order valence-electron chi connectivity index (χ1n) is 4.33. The third-order valence-corrected chi connectivity index (χ3v) is 3.83. The lowest BCUT2D eigenvalue weighted by Gasteiger charge is -2.19. The highest BCUT2D eigenvalue weighted by atomic mass is 32.2. The summed E-state index contributed by atoms with van der Waals surface area (Å²) < 4.78 is 53.5. The van der Waals surface area contributed by atoms with Gasteiger partial charge in [0.1, 0.15) is 0 Å². The van der Waals surface area contributed by atoms with Crippen LogP contribution in [0.3, 0.4) is 0 Å². The van der Waals surface area contributed by atoms with Gasteiger partial charge in [-0.3, -0.25) is 0 Å². The van der Waals surface area contributed by atoms with Crippen LogP contribution >= 0.6 is 0 Å². The molecule has 0 aliphatic rings. The van der Waals surface area contributed by atoms with E-state index >= 15 is 0 Å². The van der Waals surface area contributed by atoms with Gasteiger partial charge in [0, 0.05) is 14.1 Å². The van der Waals surface area contributed by atoms with Gasteiger partial charge in [-0.1, -0.05) is 18.2 Å². The molecule has 0 aromatic heterocycles. The van der Waals surface area contributed by atoms with Gasteiger partial charge in [-0.05, 0) is 12.1 Å². The van der Waals surface area contributed by atoms with Crippen molar-refractivity contribution in [3.63, 3.8) is 0 Å². The smallest absolute Gasteiger partial charge is 0.224 e. The van der Waals surface area contributed by atoms with Crippen LogP contribution in [0.5, 0.6) is 0 Å². The second-order valence-electron chi connectivity index (χ2n) is 3.18. The second kappa shape index (κ2) is 4.42. The van der Waals surface area contributed by atoms with E-state index in [0.29, 0.717) is 4.31 Å². The molecule has 0 bridgehead atoms. The van der Waals surface area contributed by atoms with Gasteiger partial charge in [-0.15, -0.1) is 0 Å². The van der Waals surface area contributed by atoms with Crippen molar-refractivity contribution in [2.75, 3.05) is 14.1 Å². The van der Waals surface area contributed by atoms with Crippen LogP contribution in [-0.2, 0) is 9.92 Å². The quantitative estimate of drug-likeness (QED) is 0.796. The molecule has 1 aromatic carbocycles. The first-order valence-corrected chi connectivity index (χ1v) is 5.80. The molecule has 0 aliphatic carbocycles. The lowest BCUT2D eigenvalue weighted by Crippen LogP contribution is -2.35. The molecule has 1 rings (SSSR count). The first kappa shape index (κ1) is 13.0. The van der Waals surface area contributed by atoms with E-state index in [2.05, 4.69) is 4.36 Å². The molecule has 0 saturated heterocycles. The first-order chi connectivity index (χ1) is 7.27. The van der Waals surface area contributed by atoms with Gasteiger partial charge in [-0.25, -0.2) is 8.51 Å². The molecule has 1 unspecified atom stereocenters. The van der Waals surface area contributed by atoms with E-state index in [9.17, 15) is 17.4 Å². The zero-order chi connectivity index (χ0) is 12.4. The Kier molecular flexibility index (Phi) is 3.59. The van der Waals surface area contributed by atoms with E-state index in [0.717, 1.165) is 14.1 Å². The van der Waals surface area contributed by atoms with Gasteiger partial charge >= 0.3 is 5.51 Å². The number of hydrogen-bond donors (Lipinski definition) is 0. The minimum Gasteiger partial charge on any atom is -0.224 e. The van der Waals surface area contributed by atoms with Gasteiger partial charge in [0.15, 0.2) is 0 Å². The Morgan fingerprint density at radius 3 is 2.06 bits per heavy atom. The summed E-state index contributed by atoms with van der Waals surface area (Å²) in [5, 5.41) is 0. The largest absolute Gasteiger partial charge is 0.493 e. The predicted molar refractivity (Wildman–Crippen MR) is 56.4 cm³/mol. The summed E-state index contributed by atoms with van der Waals surface area (Å²) in [4.78, 5) is 0. The monoisotopic (exact) mass is 252 g/mol. The average Bonchev–Trinajstić information content (AvgIpc) is 2.17. The van der Waals surface area contributed by atoms with Crippen molar-refractivity contribution in [1.82, 2.24) is 4.31 Å². The van der Waals surface area contributed by atoms with Crippen LogP contribution in [0.1, 0.15) is 0 Å². The molecule has 7 heteroatoms. The van der Waals surface area contributed by atoms with Crippen LogP contribution in [0, 0.1) is 0 Å². The molecular formula is C9H11F3N2OS. The summed E-state index contributed by atoms with van der Waals surface area (Å²) in [6, 6.07) is 7.45.